The molecule has 2 rings (SSSR count). The Balaban J connectivity index is 2.43. The monoisotopic (exact) mass is 245 g/mol. The van der Waals surface area contributed by atoms with Crippen LogP contribution in [0.3, 0.4) is 0 Å². The maximum Gasteiger partial charge on any atom is 0.171 e. The van der Waals surface area contributed by atoms with Crippen molar-refractivity contribution in [1.82, 2.24) is 0 Å². The molecule has 0 saturated carbocycles. The van der Waals surface area contributed by atoms with Gasteiger partial charge in [0.2, 0.25) is 0 Å². The van der Waals surface area contributed by atoms with Gasteiger partial charge in [0.25, 0.3) is 0 Å². The fourth-order valence-electron chi connectivity index (χ4n) is 1.48. The van der Waals surface area contributed by atoms with Gasteiger partial charge in [-0.05, 0) is 30.3 Å². The van der Waals surface area contributed by atoms with Gasteiger partial charge in [-0.3, -0.25) is 0 Å². The van der Waals surface area contributed by atoms with E-state index in [1.165, 1.54) is 0 Å². The van der Waals surface area contributed by atoms with Crippen molar-refractivity contribution < 1.29 is 0 Å². The largest absolute Gasteiger partial charge is 0.171 e. The van der Waals surface area contributed by atoms with Gasteiger partial charge in [-0.1, -0.05) is 48.5 Å². The van der Waals surface area contributed by atoms with Crippen molar-refractivity contribution in [3.63, 3.8) is 0 Å². The van der Waals surface area contributed by atoms with Gasteiger partial charge in [0.05, 0.1) is 4.91 Å². The van der Waals surface area contributed by atoms with Crippen molar-refractivity contribution in [3.05, 3.63) is 71.8 Å². The summed E-state index contributed by atoms with van der Waals surface area (Å²) in [6.45, 7) is 0. The molecular formula is C14H13S2+. The minimum absolute atomic E-state index is 0.948. The molecule has 0 aromatic heterocycles. The molecule has 0 aliphatic rings. The number of thiol groups is 1. The second-order valence-corrected chi connectivity index (χ2v) is 4.40. The van der Waals surface area contributed by atoms with Gasteiger partial charge < -0.3 is 0 Å². The van der Waals surface area contributed by atoms with Crippen LogP contribution in [-0.2, 0) is 12.6 Å². The summed E-state index contributed by atoms with van der Waals surface area (Å²) in [7, 11) is 0. The average Bonchev–Trinajstić information content (AvgIpc) is 2.39. The minimum atomic E-state index is 0.948. The lowest BCUT2D eigenvalue weighted by Crippen LogP contribution is -1.84. The highest BCUT2D eigenvalue weighted by molar-refractivity contribution is 7.92. The molecule has 0 radical (unpaired) electrons. The Hall–Kier alpha value is -1.12. The summed E-state index contributed by atoms with van der Waals surface area (Å²) in [5.74, 6) is 0. The van der Waals surface area contributed by atoms with Crippen LogP contribution in [0.4, 0.5) is 0 Å². The molecule has 0 unspecified atom stereocenters. The molecule has 0 aliphatic heterocycles. The summed E-state index contributed by atoms with van der Waals surface area (Å²) < 4.78 is 0. The Kier molecular flexibility index (Phi) is 3.75. The van der Waals surface area contributed by atoms with Crippen LogP contribution in [0.15, 0.2) is 60.7 Å². The third-order valence-corrected chi connectivity index (χ3v) is 3.58. The zero-order valence-corrected chi connectivity index (χ0v) is 10.6. The van der Waals surface area contributed by atoms with Gasteiger partial charge in [-0.25, -0.2) is 0 Å². The van der Waals surface area contributed by atoms with E-state index in [0.717, 1.165) is 20.9 Å². The van der Waals surface area contributed by atoms with E-state index in [9.17, 15) is 0 Å². The summed E-state index contributed by atoms with van der Waals surface area (Å²) in [6, 6.07) is 20.3. The molecule has 16 heavy (non-hydrogen) atoms. The van der Waals surface area contributed by atoms with E-state index in [4.69, 9.17) is 0 Å². The molecule has 2 aromatic rings. The smallest absolute Gasteiger partial charge is 0.138 e. The first-order chi connectivity index (χ1) is 7.79. The predicted octanol–water partition coefficient (Wildman–Crippen LogP) is 3.45. The van der Waals surface area contributed by atoms with Gasteiger partial charge in [0.1, 0.15) is 0 Å². The Labute approximate surface area is 107 Å². The Bertz CT molecular complexity index is 439. The average molecular weight is 245 g/mol. The Morgan fingerprint density at radius 3 is 1.69 bits per heavy atom. The first kappa shape index (κ1) is 11.4. The molecule has 0 N–H and O–H groups in total. The molecule has 0 aliphatic carbocycles. The summed E-state index contributed by atoms with van der Waals surface area (Å²) in [5.41, 5.74) is 2.24. The van der Waals surface area contributed by atoms with Gasteiger partial charge in [0.15, 0.2) is 4.91 Å². The van der Waals surface area contributed by atoms with Crippen LogP contribution in [0.25, 0.3) is 9.81 Å². The summed E-state index contributed by atoms with van der Waals surface area (Å²) >= 11 is 8.20. The highest BCUT2D eigenvalue weighted by atomic mass is 32.1. The standard InChI is InChI=1S/C14H12S2/c15-13(11-7-3-1-4-8-11)14(16)12-9-5-2-6-10-12/h1-10,15-16H/p+1/b14-13-. The predicted molar refractivity (Wildman–Crippen MR) is 78.8 cm³/mol. The first-order valence-electron chi connectivity index (χ1n) is 5.04. The van der Waals surface area contributed by atoms with E-state index >= 15 is 0 Å². The Morgan fingerprint density at radius 2 is 1.19 bits per heavy atom. The van der Waals surface area contributed by atoms with Crippen molar-refractivity contribution in [1.29, 1.82) is 0 Å². The van der Waals surface area contributed by atoms with Crippen molar-refractivity contribution in [2.75, 3.05) is 0 Å². The van der Waals surface area contributed by atoms with E-state index in [1.54, 1.807) is 0 Å². The highest BCUT2D eigenvalue weighted by Gasteiger charge is 2.09. The van der Waals surface area contributed by atoms with Gasteiger partial charge in [-0.15, -0.1) is 12.6 Å². The maximum absolute atomic E-state index is 4.56. The molecule has 0 fully saturated rings. The summed E-state index contributed by atoms with van der Waals surface area (Å²) in [6.07, 6.45) is 0. The fraction of sp³-hybridized carbons (Fsp3) is 0. The molecular weight excluding hydrogens is 232 g/mol. The van der Waals surface area contributed by atoms with E-state index < -0.39 is 0 Å². The molecule has 2 aromatic carbocycles. The van der Waals surface area contributed by atoms with Crippen LogP contribution in [0, 0.1) is 0 Å². The third kappa shape index (κ3) is 2.52. The number of rotatable bonds is 2. The molecule has 80 valence electrons. The van der Waals surface area contributed by atoms with Crippen LogP contribution in [0.2, 0.25) is 0 Å². The lowest BCUT2D eigenvalue weighted by Gasteiger charge is -2.01. The van der Waals surface area contributed by atoms with Crippen molar-refractivity contribution >= 4 is 35.1 Å². The zero-order valence-electron chi connectivity index (χ0n) is 8.72. The van der Waals surface area contributed by atoms with E-state index in [-0.39, 0.29) is 0 Å². The molecule has 0 nitrogen and oxygen atoms in total. The van der Waals surface area contributed by atoms with Crippen LogP contribution in [0.5, 0.6) is 0 Å². The SMILES string of the molecule is S/C(=C(\[SH2+])c1ccccc1)c1ccccc1. The first-order valence-corrected chi connectivity index (χ1v) is 5.99. The molecule has 0 heterocycles. The number of hydrogen-bond donors (Lipinski definition) is 1. The molecule has 0 bridgehead atoms. The van der Waals surface area contributed by atoms with E-state index in [0.29, 0.717) is 0 Å². The van der Waals surface area contributed by atoms with Crippen LogP contribution < -0.4 is 0 Å². The minimum Gasteiger partial charge on any atom is -0.138 e. The molecule has 0 spiro atoms. The lowest BCUT2D eigenvalue weighted by atomic mass is 10.1. The van der Waals surface area contributed by atoms with Crippen molar-refractivity contribution in [3.8, 4) is 0 Å². The number of benzene rings is 2. The molecule has 0 atom stereocenters. The topological polar surface area (TPSA) is 0 Å². The second-order valence-electron chi connectivity index (χ2n) is 3.46. The molecule has 0 saturated heterocycles. The fourth-order valence-corrected chi connectivity index (χ4v) is 2.07. The molecule has 0 amide bonds. The van der Waals surface area contributed by atoms with Crippen LogP contribution in [-0.4, -0.2) is 0 Å². The third-order valence-electron chi connectivity index (χ3n) is 2.35. The molecule has 2 heteroatoms. The second kappa shape index (κ2) is 5.28. The lowest BCUT2D eigenvalue weighted by molar-refractivity contribution is 1.63. The van der Waals surface area contributed by atoms with Crippen LogP contribution in [0.1, 0.15) is 11.1 Å². The van der Waals surface area contributed by atoms with Gasteiger partial charge in [-0.2, -0.15) is 0 Å². The van der Waals surface area contributed by atoms with Gasteiger partial charge in [0, 0.05) is 5.56 Å². The van der Waals surface area contributed by atoms with E-state index in [2.05, 4.69) is 37.4 Å². The summed E-state index contributed by atoms with van der Waals surface area (Å²) in [5, 5.41) is 0. The highest BCUT2D eigenvalue weighted by Crippen LogP contribution is 2.27. The summed E-state index contributed by atoms with van der Waals surface area (Å²) in [4.78, 5) is 1.96. The maximum atomic E-state index is 4.56. The normalized spacial score (nSPS) is 12.1. The zero-order chi connectivity index (χ0) is 11.4. The Morgan fingerprint density at radius 1 is 0.750 bits per heavy atom. The van der Waals surface area contributed by atoms with E-state index in [1.807, 2.05) is 48.5 Å². The van der Waals surface area contributed by atoms with Crippen molar-refractivity contribution in [2.45, 2.75) is 0 Å². The quantitative estimate of drug-likeness (QED) is 0.467. The van der Waals surface area contributed by atoms with Crippen LogP contribution >= 0.6 is 12.6 Å². The number of hydrogen-bond acceptors (Lipinski definition) is 1. The van der Waals surface area contributed by atoms with Crippen molar-refractivity contribution in [2.24, 2.45) is 0 Å². The van der Waals surface area contributed by atoms with Gasteiger partial charge >= 0.3 is 0 Å².